The molecule has 150 valence electrons. The topological polar surface area (TPSA) is 12.0 Å². The molecule has 0 amide bonds. The molecular weight excluding hydrogens is 359 g/mol. The van der Waals surface area contributed by atoms with Gasteiger partial charge in [-0.05, 0) is 48.4 Å². The summed E-state index contributed by atoms with van der Waals surface area (Å²) in [5.41, 5.74) is 2.07. The van der Waals surface area contributed by atoms with Crippen molar-refractivity contribution in [3.05, 3.63) is 65.2 Å². The SMILES string of the molecule is CCCCCCCCC#Cc1ccc(CNc2ccc(C(F)(F)F)cc2)cc1. The average molecular weight is 387 g/mol. The highest BCUT2D eigenvalue weighted by molar-refractivity contribution is 5.46. The zero-order valence-corrected chi connectivity index (χ0v) is 16.4. The zero-order valence-electron chi connectivity index (χ0n) is 16.4. The molecule has 0 radical (unpaired) electrons. The van der Waals surface area contributed by atoms with Gasteiger partial charge in [0.05, 0.1) is 5.56 Å². The van der Waals surface area contributed by atoms with E-state index in [1.807, 2.05) is 24.3 Å². The van der Waals surface area contributed by atoms with Gasteiger partial charge in [-0.2, -0.15) is 13.2 Å². The molecule has 28 heavy (non-hydrogen) atoms. The van der Waals surface area contributed by atoms with E-state index in [2.05, 4.69) is 24.1 Å². The second-order valence-corrected chi connectivity index (χ2v) is 6.95. The second-order valence-electron chi connectivity index (χ2n) is 6.95. The van der Waals surface area contributed by atoms with Gasteiger partial charge in [-0.3, -0.25) is 0 Å². The Bertz CT molecular complexity index is 750. The van der Waals surface area contributed by atoms with E-state index in [-0.39, 0.29) is 0 Å². The van der Waals surface area contributed by atoms with E-state index in [0.717, 1.165) is 36.1 Å². The van der Waals surface area contributed by atoms with Crippen LogP contribution in [-0.2, 0) is 12.7 Å². The Hall–Kier alpha value is -2.41. The number of hydrogen-bond acceptors (Lipinski definition) is 1. The predicted octanol–water partition coefficient (Wildman–Crippen LogP) is 7.42. The molecule has 0 spiro atoms. The van der Waals surface area contributed by atoms with Gasteiger partial charge < -0.3 is 5.32 Å². The van der Waals surface area contributed by atoms with Crippen molar-refractivity contribution < 1.29 is 13.2 Å². The fourth-order valence-electron chi connectivity index (χ4n) is 2.85. The molecule has 2 aromatic carbocycles. The summed E-state index contributed by atoms with van der Waals surface area (Å²) in [6.07, 6.45) is 4.27. The maximum absolute atomic E-state index is 12.6. The van der Waals surface area contributed by atoms with E-state index >= 15 is 0 Å². The lowest BCUT2D eigenvalue weighted by molar-refractivity contribution is -0.137. The molecular formula is C24H28F3N. The van der Waals surface area contributed by atoms with Crippen LogP contribution in [0, 0.1) is 11.8 Å². The summed E-state index contributed by atoms with van der Waals surface area (Å²) in [7, 11) is 0. The summed E-state index contributed by atoms with van der Waals surface area (Å²) < 4.78 is 37.7. The van der Waals surface area contributed by atoms with Gasteiger partial charge in [0.1, 0.15) is 0 Å². The Morgan fingerprint density at radius 2 is 1.46 bits per heavy atom. The van der Waals surface area contributed by atoms with Crippen molar-refractivity contribution in [3.8, 4) is 11.8 Å². The summed E-state index contributed by atoms with van der Waals surface area (Å²) in [6.45, 7) is 2.78. The van der Waals surface area contributed by atoms with Crippen LogP contribution in [0.1, 0.15) is 68.6 Å². The lowest BCUT2D eigenvalue weighted by Crippen LogP contribution is -2.05. The molecule has 2 rings (SSSR count). The molecule has 0 aliphatic heterocycles. The maximum Gasteiger partial charge on any atom is 0.416 e. The van der Waals surface area contributed by atoms with Crippen molar-refractivity contribution in [1.29, 1.82) is 0 Å². The Kier molecular flexibility index (Phi) is 8.94. The first-order valence-corrected chi connectivity index (χ1v) is 9.98. The van der Waals surface area contributed by atoms with Crippen LogP contribution in [-0.4, -0.2) is 0 Å². The van der Waals surface area contributed by atoms with Gasteiger partial charge in [0.15, 0.2) is 0 Å². The predicted molar refractivity (Wildman–Crippen MR) is 110 cm³/mol. The van der Waals surface area contributed by atoms with Crippen molar-refractivity contribution in [2.24, 2.45) is 0 Å². The molecule has 0 fully saturated rings. The Labute approximate surface area is 166 Å². The summed E-state index contributed by atoms with van der Waals surface area (Å²) in [4.78, 5) is 0. The molecule has 0 saturated carbocycles. The van der Waals surface area contributed by atoms with Crippen molar-refractivity contribution in [3.63, 3.8) is 0 Å². The number of nitrogens with one attached hydrogen (secondary N) is 1. The van der Waals surface area contributed by atoms with Crippen LogP contribution in [0.25, 0.3) is 0 Å². The molecule has 1 nitrogen and oxygen atoms in total. The molecule has 0 heterocycles. The van der Waals surface area contributed by atoms with E-state index in [1.165, 1.54) is 44.2 Å². The number of halogens is 3. The van der Waals surface area contributed by atoms with Crippen molar-refractivity contribution in [1.82, 2.24) is 0 Å². The molecule has 0 aromatic heterocycles. The molecule has 4 heteroatoms. The summed E-state index contributed by atoms with van der Waals surface area (Å²) in [5, 5.41) is 3.14. The van der Waals surface area contributed by atoms with Gasteiger partial charge >= 0.3 is 6.18 Å². The molecule has 0 unspecified atom stereocenters. The minimum atomic E-state index is -4.30. The first kappa shape index (κ1) is 21.9. The first-order valence-electron chi connectivity index (χ1n) is 9.98. The second kappa shape index (κ2) is 11.4. The van der Waals surface area contributed by atoms with E-state index in [4.69, 9.17) is 0 Å². The maximum atomic E-state index is 12.6. The quantitative estimate of drug-likeness (QED) is 0.349. The minimum absolute atomic E-state index is 0.552. The molecule has 0 aliphatic rings. The van der Waals surface area contributed by atoms with Crippen molar-refractivity contribution in [2.45, 2.75) is 64.6 Å². The monoisotopic (exact) mass is 387 g/mol. The normalized spacial score (nSPS) is 11.0. The van der Waals surface area contributed by atoms with E-state index < -0.39 is 11.7 Å². The summed E-state index contributed by atoms with van der Waals surface area (Å²) in [6, 6.07) is 13.0. The molecule has 1 N–H and O–H groups in total. The van der Waals surface area contributed by atoms with E-state index in [9.17, 15) is 13.2 Å². The van der Waals surface area contributed by atoms with Crippen LogP contribution in [0.2, 0.25) is 0 Å². The Morgan fingerprint density at radius 3 is 2.11 bits per heavy atom. The molecule has 0 aliphatic carbocycles. The largest absolute Gasteiger partial charge is 0.416 e. The smallest absolute Gasteiger partial charge is 0.381 e. The van der Waals surface area contributed by atoms with E-state index in [0.29, 0.717) is 12.2 Å². The standard InChI is InChI=1S/C24H28F3N/c1-2-3-4-5-6-7-8-9-10-20-11-13-21(14-12-20)19-28-23-17-15-22(16-18-23)24(25,26)27/h11-18,28H,2-8,19H2,1H3. The zero-order chi connectivity index (χ0) is 20.2. The van der Waals surface area contributed by atoms with Gasteiger partial charge in [0.25, 0.3) is 0 Å². The number of benzene rings is 2. The molecule has 0 bridgehead atoms. The highest BCUT2D eigenvalue weighted by Gasteiger charge is 2.29. The third-order valence-electron chi connectivity index (χ3n) is 4.55. The lowest BCUT2D eigenvalue weighted by atomic mass is 10.1. The highest BCUT2D eigenvalue weighted by atomic mass is 19.4. The summed E-state index contributed by atoms with van der Waals surface area (Å²) in [5.74, 6) is 6.42. The fraction of sp³-hybridized carbons (Fsp3) is 0.417. The van der Waals surface area contributed by atoms with Crippen LogP contribution < -0.4 is 5.32 Å². The Balaban J connectivity index is 1.73. The van der Waals surface area contributed by atoms with Crippen LogP contribution in [0.5, 0.6) is 0 Å². The molecule has 0 saturated heterocycles. The van der Waals surface area contributed by atoms with Gasteiger partial charge in [0.2, 0.25) is 0 Å². The number of unbranched alkanes of at least 4 members (excludes halogenated alkanes) is 6. The fourth-order valence-corrected chi connectivity index (χ4v) is 2.85. The van der Waals surface area contributed by atoms with Crippen LogP contribution in [0.4, 0.5) is 18.9 Å². The van der Waals surface area contributed by atoms with Gasteiger partial charge in [-0.25, -0.2) is 0 Å². The number of rotatable bonds is 9. The van der Waals surface area contributed by atoms with Crippen LogP contribution in [0.15, 0.2) is 48.5 Å². The minimum Gasteiger partial charge on any atom is -0.381 e. The number of anilines is 1. The van der Waals surface area contributed by atoms with Crippen LogP contribution in [0.3, 0.4) is 0 Å². The molecule has 2 aromatic rings. The van der Waals surface area contributed by atoms with Gasteiger partial charge in [0, 0.05) is 24.2 Å². The summed E-state index contributed by atoms with van der Waals surface area (Å²) >= 11 is 0. The third-order valence-corrected chi connectivity index (χ3v) is 4.55. The van der Waals surface area contributed by atoms with Gasteiger partial charge in [-0.15, -0.1) is 0 Å². The van der Waals surface area contributed by atoms with Crippen LogP contribution >= 0.6 is 0 Å². The van der Waals surface area contributed by atoms with Gasteiger partial charge in [-0.1, -0.05) is 63.0 Å². The van der Waals surface area contributed by atoms with Crippen molar-refractivity contribution >= 4 is 5.69 Å². The first-order chi connectivity index (χ1) is 13.5. The Morgan fingerprint density at radius 1 is 0.821 bits per heavy atom. The number of hydrogen-bond donors (Lipinski definition) is 1. The highest BCUT2D eigenvalue weighted by Crippen LogP contribution is 2.29. The van der Waals surface area contributed by atoms with E-state index in [1.54, 1.807) is 0 Å². The lowest BCUT2D eigenvalue weighted by Gasteiger charge is -2.09. The molecule has 0 atom stereocenters. The third kappa shape index (κ3) is 8.08. The average Bonchev–Trinajstić information content (AvgIpc) is 2.69. The number of alkyl halides is 3. The van der Waals surface area contributed by atoms with Crippen molar-refractivity contribution in [2.75, 3.05) is 5.32 Å².